The smallest absolute Gasteiger partial charge is 0.254 e. The zero-order valence-electron chi connectivity index (χ0n) is 15.5. The first-order chi connectivity index (χ1) is 14.2. The SMILES string of the molecule is O=C(c1ccc(-n2ccnc2)cc1)N1CCc2[nH]nc(-c3cccc(F)c3)c2C1. The second-order valence-electron chi connectivity index (χ2n) is 7.03. The average molecular weight is 387 g/mol. The molecule has 0 aliphatic carbocycles. The van der Waals surface area contributed by atoms with E-state index in [2.05, 4.69) is 15.2 Å². The fourth-order valence-electron chi connectivity index (χ4n) is 3.71. The van der Waals surface area contributed by atoms with Crippen molar-refractivity contribution < 1.29 is 9.18 Å². The molecule has 0 unspecified atom stereocenters. The molecule has 29 heavy (non-hydrogen) atoms. The second-order valence-corrected chi connectivity index (χ2v) is 7.03. The van der Waals surface area contributed by atoms with Crippen LogP contribution in [0.3, 0.4) is 0 Å². The van der Waals surface area contributed by atoms with Crippen LogP contribution in [0.5, 0.6) is 0 Å². The van der Waals surface area contributed by atoms with E-state index < -0.39 is 0 Å². The van der Waals surface area contributed by atoms with Gasteiger partial charge in [-0.15, -0.1) is 0 Å². The molecule has 2 aromatic carbocycles. The fourth-order valence-corrected chi connectivity index (χ4v) is 3.71. The average Bonchev–Trinajstić information content (AvgIpc) is 3.43. The number of hydrogen-bond donors (Lipinski definition) is 1. The van der Waals surface area contributed by atoms with Gasteiger partial charge in [-0.3, -0.25) is 9.89 Å². The van der Waals surface area contributed by atoms with Crippen LogP contribution in [0.25, 0.3) is 16.9 Å². The second kappa shape index (κ2) is 7.01. The van der Waals surface area contributed by atoms with Crippen LogP contribution >= 0.6 is 0 Å². The van der Waals surface area contributed by atoms with Crippen molar-refractivity contribution in [1.29, 1.82) is 0 Å². The van der Waals surface area contributed by atoms with Crippen LogP contribution in [-0.4, -0.2) is 37.1 Å². The number of aromatic nitrogens is 4. The van der Waals surface area contributed by atoms with E-state index in [-0.39, 0.29) is 11.7 Å². The van der Waals surface area contributed by atoms with Crippen molar-refractivity contribution in [1.82, 2.24) is 24.6 Å². The van der Waals surface area contributed by atoms with Gasteiger partial charge in [-0.05, 0) is 36.4 Å². The van der Waals surface area contributed by atoms with E-state index in [1.807, 2.05) is 46.0 Å². The summed E-state index contributed by atoms with van der Waals surface area (Å²) >= 11 is 0. The lowest BCUT2D eigenvalue weighted by Gasteiger charge is -2.27. The Balaban J connectivity index is 1.39. The molecule has 0 radical (unpaired) electrons. The number of aromatic amines is 1. The van der Waals surface area contributed by atoms with E-state index in [4.69, 9.17) is 0 Å². The molecule has 1 amide bonds. The van der Waals surface area contributed by atoms with Crippen LogP contribution in [0.1, 0.15) is 21.6 Å². The number of carbonyl (C=O) groups excluding carboxylic acids is 1. The molecule has 0 saturated heterocycles. The lowest BCUT2D eigenvalue weighted by atomic mass is 10.00. The highest BCUT2D eigenvalue weighted by Crippen LogP contribution is 2.29. The first-order valence-electron chi connectivity index (χ1n) is 9.39. The van der Waals surface area contributed by atoms with Gasteiger partial charge >= 0.3 is 0 Å². The van der Waals surface area contributed by atoms with Gasteiger partial charge in [0.1, 0.15) is 5.82 Å². The molecular weight excluding hydrogens is 369 g/mol. The summed E-state index contributed by atoms with van der Waals surface area (Å²) < 4.78 is 15.5. The Labute approximate surface area is 166 Å². The maximum absolute atomic E-state index is 13.6. The van der Waals surface area contributed by atoms with Crippen LogP contribution < -0.4 is 0 Å². The molecule has 0 bridgehead atoms. The van der Waals surface area contributed by atoms with E-state index in [1.165, 1.54) is 12.1 Å². The molecular formula is C22H18FN5O. The van der Waals surface area contributed by atoms with Gasteiger partial charge < -0.3 is 9.47 Å². The third-order valence-corrected chi connectivity index (χ3v) is 5.24. The monoisotopic (exact) mass is 387 g/mol. The summed E-state index contributed by atoms with van der Waals surface area (Å²) in [7, 11) is 0. The number of amides is 1. The topological polar surface area (TPSA) is 66.8 Å². The van der Waals surface area contributed by atoms with Gasteiger partial charge in [0.2, 0.25) is 0 Å². The van der Waals surface area contributed by atoms with Gasteiger partial charge in [0.15, 0.2) is 0 Å². The Bertz CT molecular complexity index is 1160. The van der Waals surface area contributed by atoms with Gasteiger partial charge in [-0.25, -0.2) is 9.37 Å². The third kappa shape index (κ3) is 3.20. The minimum atomic E-state index is -0.305. The van der Waals surface area contributed by atoms with Crippen LogP contribution in [0.2, 0.25) is 0 Å². The zero-order chi connectivity index (χ0) is 19.8. The number of rotatable bonds is 3. The van der Waals surface area contributed by atoms with Crippen molar-refractivity contribution in [2.45, 2.75) is 13.0 Å². The van der Waals surface area contributed by atoms with Crippen molar-refractivity contribution >= 4 is 5.91 Å². The van der Waals surface area contributed by atoms with Crippen molar-refractivity contribution in [2.75, 3.05) is 6.54 Å². The van der Waals surface area contributed by atoms with E-state index in [0.717, 1.165) is 16.9 Å². The molecule has 3 heterocycles. The van der Waals surface area contributed by atoms with E-state index in [0.29, 0.717) is 36.3 Å². The number of nitrogens with zero attached hydrogens (tertiary/aromatic N) is 4. The number of benzene rings is 2. The molecule has 6 nitrogen and oxygen atoms in total. The lowest BCUT2D eigenvalue weighted by Crippen LogP contribution is -2.35. The Morgan fingerprint density at radius 3 is 2.76 bits per heavy atom. The molecule has 2 aromatic heterocycles. The molecule has 1 aliphatic heterocycles. The first-order valence-corrected chi connectivity index (χ1v) is 9.39. The number of imidazole rings is 1. The Kier molecular flexibility index (Phi) is 4.20. The molecule has 0 spiro atoms. The minimum Gasteiger partial charge on any atom is -0.334 e. The van der Waals surface area contributed by atoms with Gasteiger partial charge in [-0.1, -0.05) is 12.1 Å². The number of carbonyl (C=O) groups is 1. The summed E-state index contributed by atoms with van der Waals surface area (Å²) in [5.41, 5.74) is 4.94. The van der Waals surface area contributed by atoms with E-state index >= 15 is 0 Å². The molecule has 1 N–H and O–H groups in total. The largest absolute Gasteiger partial charge is 0.334 e. The van der Waals surface area contributed by atoms with Gasteiger partial charge in [0.05, 0.1) is 12.0 Å². The summed E-state index contributed by atoms with van der Waals surface area (Å²) in [6, 6.07) is 13.8. The number of fused-ring (bicyclic) bond motifs is 1. The maximum atomic E-state index is 13.6. The molecule has 1 aliphatic rings. The third-order valence-electron chi connectivity index (χ3n) is 5.24. The normalized spacial score (nSPS) is 13.3. The highest BCUT2D eigenvalue weighted by molar-refractivity contribution is 5.94. The van der Waals surface area contributed by atoms with Crippen molar-refractivity contribution in [2.24, 2.45) is 0 Å². The molecule has 4 aromatic rings. The number of nitrogens with one attached hydrogen (secondary N) is 1. The van der Waals surface area contributed by atoms with Gasteiger partial charge in [-0.2, -0.15) is 5.10 Å². The zero-order valence-corrected chi connectivity index (χ0v) is 15.5. The van der Waals surface area contributed by atoms with Crippen LogP contribution in [0.4, 0.5) is 4.39 Å². The van der Waals surface area contributed by atoms with Crippen LogP contribution in [0.15, 0.2) is 67.3 Å². The van der Waals surface area contributed by atoms with Crippen molar-refractivity contribution in [3.05, 3.63) is 89.9 Å². The Hall–Kier alpha value is -3.74. The first kappa shape index (κ1) is 17.4. The van der Waals surface area contributed by atoms with Gasteiger partial charge in [0.25, 0.3) is 5.91 Å². The van der Waals surface area contributed by atoms with E-state index in [9.17, 15) is 9.18 Å². The lowest BCUT2D eigenvalue weighted by molar-refractivity contribution is 0.0734. The molecule has 7 heteroatoms. The molecule has 0 saturated carbocycles. The molecule has 0 atom stereocenters. The number of halogens is 1. The summed E-state index contributed by atoms with van der Waals surface area (Å²) in [5, 5.41) is 7.42. The Morgan fingerprint density at radius 1 is 1.14 bits per heavy atom. The van der Waals surface area contributed by atoms with Crippen LogP contribution in [0, 0.1) is 5.82 Å². The Morgan fingerprint density at radius 2 is 2.00 bits per heavy atom. The molecule has 144 valence electrons. The predicted octanol–water partition coefficient (Wildman–Crippen LogP) is 3.60. The number of hydrogen-bond acceptors (Lipinski definition) is 3. The molecule has 0 fully saturated rings. The maximum Gasteiger partial charge on any atom is 0.254 e. The standard InChI is InChI=1S/C22H18FN5O/c23-17-3-1-2-16(12-17)21-19-13-27(10-8-20(19)25-26-21)22(29)15-4-6-18(7-5-15)28-11-9-24-14-28/h1-7,9,11-12,14H,8,10,13H2,(H,25,26). The molecule has 5 rings (SSSR count). The predicted molar refractivity (Wildman–Crippen MR) is 106 cm³/mol. The van der Waals surface area contributed by atoms with Crippen LogP contribution in [-0.2, 0) is 13.0 Å². The highest BCUT2D eigenvalue weighted by atomic mass is 19.1. The van der Waals surface area contributed by atoms with Crippen molar-refractivity contribution in [3.8, 4) is 16.9 Å². The number of H-pyrrole nitrogens is 1. The fraction of sp³-hybridized carbons (Fsp3) is 0.136. The summed E-state index contributed by atoms with van der Waals surface area (Å²) in [6.45, 7) is 1.06. The van der Waals surface area contributed by atoms with Crippen molar-refractivity contribution in [3.63, 3.8) is 0 Å². The van der Waals surface area contributed by atoms with E-state index in [1.54, 1.807) is 18.6 Å². The highest BCUT2D eigenvalue weighted by Gasteiger charge is 2.26. The quantitative estimate of drug-likeness (QED) is 0.584. The summed E-state index contributed by atoms with van der Waals surface area (Å²) in [5.74, 6) is -0.333. The summed E-state index contributed by atoms with van der Waals surface area (Å²) in [4.78, 5) is 18.9. The summed E-state index contributed by atoms with van der Waals surface area (Å²) in [6.07, 6.45) is 5.98. The van der Waals surface area contributed by atoms with Gasteiger partial charge in [0, 0.05) is 60.0 Å². The minimum absolute atomic E-state index is 0.0285.